The summed E-state index contributed by atoms with van der Waals surface area (Å²) in [5, 5.41) is 22.8. The number of aromatic amines is 1. The molecule has 5 rings (SSSR count). The van der Waals surface area contributed by atoms with Crippen LogP contribution in [0.4, 0.5) is 5.69 Å². The lowest BCUT2D eigenvalue weighted by Crippen LogP contribution is -1.96. The van der Waals surface area contributed by atoms with Gasteiger partial charge in [0.05, 0.1) is 0 Å². The van der Waals surface area contributed by atoms with Crippen LogP contribution in [0.3, 0.4) is 0 Å². The molecule has 1 amide bonds. The maximum Gasteiger partial charge on any atom is 0.319 e. The van der Waals surface area contributed by atoms with Crippen LogP contribution in [0.2, 0.25) is 0 Å². The lowest BCUT2D eigenvalue weighted by molar-refractivity contribution is 0.0985. The largest absolute Gasteiger partial charge is 0.319 e. The van der Waals surface area contributed by atoms with Gasteiger partial charge in [0.15, 0.2) is 5.69 Å². The fourth-order valence-corrected chi connectivity index (χ4v) is 2.71. The smallest absolute Gasteiger partial charge is 0.267 e. The highest BCUT2D eigenvalue weighted by molar-refractivity contribution is 6.18. The minimum absolute atomic E-state index is 0.00904. The number of nitrogens with one attached hydrogen (secondary N) is 1. The van der Waals surface area contributed by atoms with Gasteiger partial charge in [-0.05, 0) is 17.2 Å². The summed E-state index contributed by atoms with van der Waals surface area (Å²) in [6.45, 7) is 1.59. The van der Waals surface area contributed by atoms with Gasteiger partial charge in [0, 0.05) is 10.8 Å². The van der Waals surface area contributed by atoms with Crippen LogP contribution < -0.4 is 0 Å². The van der Waals surface area contributed by atoms with Crippen LogP contribution in [0.5, 0.6) is 0 Å². The van der Waals surface area contributed by atoms with E-state index in [-0.39, 0.29) is 5.69 Å². The van der Waals surface area contributed by atoms with E-state index in [1.54, 1.807) is 6.92 Å². The number of azo groups is 1. The van der Waals surface area contributed by atoms with Gasteiger partial charge < -0.3 is 0 Å². The van der Waals surface area contributed by atoms with Crippen LogP contribution >= 0.6 is 0 Å². The molecule has 0 aliphatic heterocycles. The number of aromatic nitrogens is 6. The highest BCUT2D eigenvalue weighted by atomic mass is 16.6. The van der Waals surface area contributed by atoms with Crippen molar-refractivity contribution in [2.75, 3.05) is 0 Å². The predicted molar refractivity (Wildman–Crippen MR) is 86.8 cm³/mol. The summed E-state index contributed by atoms with van der Waals surface area (Å²) >= 11 is 0. The van der Waals surface area contributed by atoms with Gasteiger partial charge in [0.2, 0.25) is 11.3 Å². The van der Waals surface area contributed by atoms with Crippen molar-refractivity contribution in [3.8, 4) is 0 Å². The minimum Gasteiger partial charge on any atom is -0.267 e. The van der Waals surface area contributed by atoms with Gasteiger partial charge in [0.1, 0.15) is 22.4 Å². The lowest BCUT2D eigenvalue weighted by Gasteiger charge is -1.92. The Balaban J connectivity index is 1.73. The van der Waals surface area contributed by atoms with Gasteiger partial charge in [-0.25, -0.2) is 14.6 Å². The molecule has 0 atom stereocenters. The summed E-state index contributed by atoms with van der Waals surface area (Å²) in [4.78, 5) is 21.1. The second-order valence-corrected chi connectivity index (χ2v) is 5.48. The fourth-order valence-electron chi connectivity index (χ4n) is 2.71. The van der Waals surface area contributed by atoms with E-state index in [1.807, 2.05) is 24.3 Å². The molecular formula is C15H8N8O3. The maximum atomic E-state index is 12.2. The van der Waals surface area contributed by atoms with E-state index in [2.05, 4.69) is 45.5 Å². The first-order chi connectivity index (χ1) is 12.7. The fraction of sp³-hybridized carbons (Fsp3) is 0.0667. The molecule has 0 saturated carbocycles. The molecule has 0 saturated heterocycles. The predicted octanol–water partition coefficient (Wildman–Crippen LogP) is 2.87. The summed E-state index contributed by atoms with van der Waals surface area (Å²) in [7, 11) is 0. The first-order valence-electron chi connectivity index (χ1n) is 7.50. The number of fused-ring (bicyclic) bond motifs is 4. The van der Waals surface area contributed by atoms with Crippen LogP contribution in [0, 0.1) is 6.92 Å². The standard InChI is InChI=1S/C15H8N8O3/c1-6-9(21-25-20-6)15(24)19-18-11-8-5-3-2-4-7(8)10-12(11)17-14-13(16-10)22-26-23-14/h2-5H,1H3,(H,17,23). The molecule has 26 heavy (non-hydrogen) atoms. The van der Waals surface area contributed by atoms with Crippen LogP contribution in [-0.2, 0) is 0 Å². The normalized spacial score (nSPS) is 12.0. The van der Waals surface area contributed by atoms with Gasteiger partial charge in [-0.3, -0.25) is 9.42 Å². The molecular weight excluding hydrogens is 340 g/mol. The molecule has 0 fully saturated rings. The maximum absolute atomic E-state index is 12.2. The molecule has 1 N–H and O–H groups in total. The van der Waals surface area contributed by atoms with Crippen LogP contribution in [0.15, 0.2) is 43.8 Å². The van der Waals surface area contributed by atoms with Crippen molar-refractivity contribution >= 4 is 44.7 Å². The van der Waals surface area contributed by atoms with Crippen molar-refractivity contribution in [2.24, 2.45) is 10.2 Å². The average molecular weight is 348 g/mol. The van der Waals surface area contributed by atoms with Gasteiger partial charge >= 0.3 is 5.91 Å². The SMILES string of the molecule is Cc1nonc1C(=O)N=Nc1c2ccccc2c2nc3no[nH]c3nc12. The molecule has 0 bridgehead atoms. The second-order valence-electron chi connectivity index (χ2n) is 5.48. The molecule has 3 heterocycles. The Bertz CT molecular complexity index is 1330. The number of carbonyl (C=O) groups is 1. The van der Waals surface area contributed by atoms with Crippen molar-refractivity contribution in [3.05, 3.63) is 35.7 Å². The molecule has 2 aromatic carbocycles. The number of amides is 1. The molecule has 11 nitrogen and oxygen atoms in total. The third-order valence-electron chi connectivity index (χ3n) is 3.91. The minimum atomic E-state index is -0.659. The van der Waals surface area contributed by atoms with Crippen molar-refractivity contribution in [1.82, 2.24) is 30.6 Å². The molecule has 0 aliphatic rings. The van der Waals surface area contributed by atoms with Crippen molar-refractivity contribution in [3.63, 3.8) is 0 Å². The Hall–Kier alpha value is -4.02. The lowest BCUT2D eigenvalue weighted by atomic mass is 10.2. The summed E-state index contributed by atoms with van der Waals surface area (Å²) < 4.78 is 9.30. The van der Waals surface area contributed by atoms with E-state index in [0.29, 0.717) is 33.7 Å². The van der Waals surface area contributed by atoms with E-state index < -0.39 is 5.91 Å². The number of aryl methyl sites for hydroxylation is 1. The molecule has 0 aliphatic carbocycles. The van der Waals surface area contributed by atoms with E-state index in [0.717, 1.165) is 10.8 Å². The van der Waals surface area contributed by atoms with Crippen molar-refractivity contribution < 1.29 is 14.1 Å². The molecule has 0 radical (unpaired) electrons. The van der Waals surface area contributed by atoms with E-state index in [4.69, 9.17) is 4.63 Å². The zero-order valence-corrected chi connectivity index (χ0v) is 13.2. The number of carbonyl (C=O) groups excluding carboxylic acids is 1. The quantitative estimate of drug-likeness (QED) is 0.479. The van der Waals surface area contributed by atoms with E-state index >= 15 is 0 Å². The third-order valence-corrected chi connectivity index (χ3v) is 3.91. The van der Waals surface area contributed by atoms with Gasteiger partial charge in [-0.1, -0.05) is 29.4 Å². The summed E-state index contributed by atoms with van der Waals surface area (Å²) in [5.41, 5.74) is 2.55. The average Bonchev–Trinajstić information content (AvgIpc) is 3.35. The number of nitrogens with zero attached hydrogens (tertiary/aromatic N) is 7. The summed E-state index contributed by atoms with van der Waals surface area (Å²) in [6, 6.07) is 7.47. The first-order valence-corrected chi connectivity index (χ1v) is 7.50. The van der Waals surface area contributed by atoms with E-state index in [1.165, 1.54) is 0 Å². The van der Waals surface area contributed by atoms with Gasteiger partial charge in [0.25, 0.3) is 0 Å². The van der Waals surface area contributed by atoms with Crippen molar-refractivity contribution in [1.29, 1.82) is 0 Å². The second kappa shape index (κ2) is 5.24. The Morgan fingerprint density at radius 1 is 1.08 bits per heavy atom. The number of benzene rings is 1. The number of H-pyrrole nitrogens is 1. The van der Waals surface area contributed by atoms with Gasteiger partial charge in [-0.15, -0.1) is 10.2 Å². The highest BCUT2D eigenvalue weighted by Gasteiger charge is 2.19. The van der Waals surface area contributed by atoms with Crippen LogP contribution in [-0.4, -0.2) is 36.5 Å². The van der Waals surface area contributed by atoms with Crippen LogP contribution in [0.1, 0.15) is 16.2 Å². The summed E-state index contributed by atoms with van der Waals surface area (Å²) in [6.07, 6.45) is 0. The molecule has 0 unspecified atom stereocenters. The number of rotatable bonds is 2. The molecule has 3 aromatic heterocycles. The van der Waals surface area contributed by atoms with Gasteiger partial charge in [-0.2, -0.15) is 5.16 Å². The molecule has 0 spiro atoms. The topological polar surface area (TPSA) is 148 Å². The third kappa shape index (κ3) is 2.00. The molecule has 126 valence electrons. The Labute approximate surface area is 143 Å². The number of hydrogen-bond donors (Lipinski definition) is 1. The van der Waals surface area contributed by atoms with Crippen molar-refractivity contribution in [2.45, 2.75) is 6.92 Å². The first kappa shape index (κ1) is 14.3. The highest BCUT2D eigenvalue weighted by Crippen LogP contribution is 2.38. The molecule has 11 heteroatoms. The van der Waals surface area contributed by atoms with E-state index in [9.17, 15) is 4.79 Å². The molecule has 5 aromatic rings. The Morgan fingerprint density at radius 3 is 2.73 bits per heavy atom. The zero-order valence-electron chi connectivity index (χ0n) is 13.2. The zero-order chi connectivity index (χ0) is 17.7. The van der Waals surface area contributed by atoms with Crippen LogP contribution in [0.25, 0.3) is 33.1 Å². The summed E-state index contributed by atoms with van der Waals surface area (Å²) in [5.74, 6) is -0.659. The Morgan fingerprint density at radius 2 is 1.92 bits per heavy atom. The Kier molecular flexibility index (Phi) is 2.89. The number of hydrogen-bond acceptors (Lipinski definition) is 9. The monoisotopic (exact) mass is 348 g/mol.